The van der Waals surface area contributed by atoms with E-state index in [0.717, 1.165) is 5.56 Å². The van der Waals surface area contributed by atoms with Gasteiger partial charge in [-0.3, -0.25) is 4.57 Å². The minimum atomic E-state index is -3.95. The number of hydrogen-bond donors (Lipinski definition) is 1. The van der Waals surface area contributed by atoms with E-state index < -0.39 is 16.1 Å². The predicted molar refractivity (Wildman–Crippen MR) is 77.1 cm³/mol. The monoisotopic (exact) mass is 310 g/mol. The molecule has 8 heteroatoms. The van der Waals surface area contributed by atoms with Crippen LogP contribution >= 0.6 is 0 Å². The third-order valence-electron chi connectivity index (χ3n) is 3.03. The minimum Gasteiger partial charge on any atom is -0.369 e. The van der Waals surface area contributed by atoms with Gasteiger partial charge in [-0.2, -0.15) is 0 Å². The summed E-state index contributed by atoms with van der Waals surface area (Å²) in [6, 6.07) is 9.22. The highest BCUT2D eigenvalue weighted by atomic mass is 32.2. The number of ether oxygens (including phenoxy) is 1. The summed E-state index contributed by atoms with van der Waals surface area (Å²) in [7, 11) is -2.41. The first-order chi connectivity index (χ1) is 9.86. The summed E-state index contributed by atoms with van der Waals surface area (Å²) in [5.74, 6) is 0.405. The van der Waals surface area contributed by atoms with Crippen molar-refractivity contribution < 1.29 is 13.2 Å². The summed E-state index contributed by atoms with van der Waals surface area (Å²) in [4.78, 5) is 0. The first-order valence-corrected chi connectivity index (χ1v) is 7.96. The van der Waals surface area contributed by atoms with Gasteiger partial charge in [-0.25, -0.2) is 13.6 Å². The molecule has 1 unspecified atom stereocenters. The van der Waals surface area contributed by atoms with Crippen LogP contribution in [0.3, 0.4) is 0 Å². The molecule has 2 rings (SSSR count). The molecule has 0 aliphatic carbocycles. The fraction of sp³-hybridized carbons (Fsp3) is 0.385. The standard InChI is InChI=1S/C13H18N4O3S/c1-9(2)17-12(15-16-13(17)21(14,18)19)11(20-3)10-7-5-4-6-8-10/h4-9,11H,1-3H3,(H2,14,18,19). The van der Waals surface area contributed by atoms with Crippen LogP contribution in [0.2, 0.25) is 0 Å². The van der Waals surface area contributed by atoms with E-state index in [1.807, 2.05) is 44.2 Å². The van der Waals surface area contributed by atoms with Gasteiger partial charge in [-0.05, 0) is 19.4 Å². The van der Waals surface area contributed by atoms with Crippen molar-refractivity contribution in [2.45, 2.75) is 31.1 Å². The molecule has 2 aromatic rings. The fourth-order valence-corrected chi connectivity index (χ4v) is 2.90. The summed E-state index contributed by atoms with van der Waals surface area (Å²) in [5, 5.41) is 12.6. The molecular formula is C13H18N4O3S. The number of hydrogen-bond acceptors (Lipinski definition) is 5. The van der Waals surface area contributed by atoms with Crippen LogP contribution in [-0.2, 0) is 14.8 Å². The highest BCUT2D eigenvalue weighted by molar-refractivity contribution is 7.89. The highest BCUT2D eigenvalue weighted by Gasteiger charge is 2.28. The van der Waals surface area contributed by atoms with Crippen molar-refractivity contribution in [1.82, 2.24) is 14.8 Å². The van der Waals surface area contributed by atoms with Crippen LogP contribution < -0.4 is 5.14 Å². The van der Waals surface area contributed by atoms with Crippen LogP contribution in [0.25, 0.3) is 0 Å². The maximum atomic E-state index is 11.6. The summed E-state index contributed by atoms with van der Waals surface area (Å²) < 4.78 is 30.2. The lowest BCUT2D eigenvalue weighted by Crippen LogP contribution is -2.22. The van der Waals surface area contributed by atoms with Gasteiger partial charge in [0.2, 0.25) is 0 Å². The molecule has 1 aromatic heterocycles. The zero-order valence-corrected chi connectivity index (χ0v) is 12.9. The number of rotatable bonds is 5. The molecule has 0 saturated carbocycles. The van der Waals surface area contributed by atoms with Crippen LogP contribution in [-0.4, -0.2) is 30.3 Å². The molecule has 0 aliphatic rings. The van der Waals surface area contributed by atoms with Crippen molar-refractivity contribution >= 4 is 10.0 Å². The molecule has 21 heavy (non-hydrogen) atoms. The molecule has 0 amide bonds. The molecular weight excluding hydrogens is 292 g/mol. The van der Waals surface area contributed by atoms with Crippen molar-refractivity contribution in [3.63, 3.8) is 0 Å². The Labute approximate surface area is 123 Å². The summed E-state index contributed by atoms with van der Waals surface area (Å²) in [6.07, 6.45) is -0.517. The van der Waals surface area contributed by atoms with Gasteiger partial charge in [-0.1, -0.05) is 30.3 Å². The Morgan fingerprint density at radius 3 is 2.29 bits per heavy atom. The zero-order valence-electron chi connectivity index (χ0n) is 12.1. The minimum absolute atomic E-state index is 0.176. The van der Waals surface area contributed by atoms with Crippen molar-refractivity contribution in [3.05, 3.63) is 41.7 Å². The van der Waals surface area contributed by atoms with E-state index in [-0.39, 0.29) is 11.2 Å². The summed E-state index contributed by atoms with van der Waals surface area (Å²) in [5.41, 5.74) is 0.857. The molecule has 0 bridgehead atoms. The molecule has 0 radical (unpaired) electrons. The number of nitrogens with zero attached hydrogens (tertiary/aromatic N) is 3. The van der Waals surface area contributed by atoms with Gasteiger partial charge in [0.15, 0.2) is 5.82 Å². The first-order valence-electron chi connectivity index (χ1n) is 6.41. The molecule has 0 aliphatic heterocycles. The van der Waals surface area contributed by atoms with Crippen LogP contribution in [0.15, 0.2) is 35.5 Å². The molecule has 114 valence electrons. The predicted octanol–water partition coefficient (Wildman–Crippen LogP) is 1.24. The molecule has 0 spiro atoms. The number of primary sulfonamides is 1. The van der Waals surface area contributed by atoms with Gasteiger partial charge >= 0.3 is 0 Å². The van der Waals surface area contributed by atoms with Gasteiger partial charge in [0.1, 0.15) is 6.10 Å². The Balaban J connectivity index is 2.61. The Morgan fingerprint density at radius 2 is 1.81 bits per heavy atom. The van der Waals surface area contributed by atoms with E-state index in [0.29, 0.717) is 5.82 Å². The Kier molecular flexibility index (Phi) is 4.40. The van der Waals surface area contributed by atoms with Crippen LogP contribution in [0, 0.1) is 0 Å². The molecule has 2 N–H and O–H groups in total. The largest absolute Gasteiger partial charge is 0.369 e. The normalized spacial score (nSPS) is 13.6. The summed E-state index contributed by atoms with van der Waals surface area (Å²) in [6.45, 7) is 3.67. The first kappa shape index (κ1) is 15.6. The van der Waals surface area contributed by atoms with Crippen molar-refractivity contribution in [2.24, 2.45) is 5.14 Å². The van der Waals surface area contributed by atoms with E-state index in [1.54, 1.807) is 0 Å². The average Bonchev–Trinajstić information content (AvgIpc) is 2.86. The number of aromatic nitrogens is 3. The van der Waals surface area contributed by atoms with E-state index in [9.17, 15) is 8.42 Å². The van der Waals surface area contributed by atoms with E-state index >= 15 is 0 Å². The van der Waals surface area contributed by atoms with E-state index in [1.165, 1.54) is 11.7 Å². The smallest absolute Gasteiger partial charge is 0.273 e. The van der Waals surface area contributed by atoms with Gasteiger partial charge < -0.3 is 4.74 Å². The lowest BCUT2D eigenvalue weighted by Gasteiger charge is -2.19. The van der Waals surface area contributed by atoms with Gasteiger partial charge in [0.25, 0.3) is 15.2 Å². The van der Waals surface area contributed by atoms with Crippen LogP contribution in [0.1, 0.15) is 37.4 Å². The third-order valence-corrected chi connectivity index (χ3v) is 3.82. The Hall–Kier alpha value is -1.77. The lowest BCUT2D eigenvalue weighted by molar-refractivity contribution is 0.123. The molecule has 1 atom stereocenters. The molecule has 0 saturated heterocycles. The van der Waals surface area contributed by atoms with Gasteiger partial charge in [0, 0.05) is 13.2 Å². The number of sulfonamides is 1. The Morgan fingerprint density at radius 1 is 1.19 bits per heavy atom. The topological polar surface area (TPSA) is 100 Å². The number of benzene rings is 1. The highest BCUT2D eigenvalue weighted by Crippen LogP contribution is 2.27. The lowest BCUT2D eigenvalue weighted by atomic mass is 10.1. The molecule has 0 fully saturated rings. The van der Waals surface area contributed by atoms with Crippen molar-refractivity contribution in [3.8, 4) is 0 Å². The number of methoxy groups -OCH3 is 1. The van der Waals surface area contributed by atoms with Crippen molar-refractivity contribution in [1.29, 1.82) is 0 Å². The van der Waals surface area contributed by atoms with Gasteiger partial charge in [-0.15, -0.1) is 10.2 Å². The van der Waals surface area contributed by atoms with Crippen molar-refractivity contribution in [2.75, 3.05) is 7.11 Å². The second-order valence-electron chi connectivity index (χ2n) is 4.88. The van der Waals surface area contributed by atoms with Gasteiger partial charge in [0.05, 0.1) is 0 Å². The summed E-state index contributed by atoms with van der Waals surface area (Å²) >= 11 is 0. The average molecular weight is 310 g/mol. The molecule has 1 heterocycles. The van der Waals surface area contributed by atoms with Crippen LogP contribution in [0.4, 0.5) is 0 Å². The maximum absolute atomic E-state index is 11.6. The second-order valence-corrected chi connectivity index (χ2v) is 6.33. The quantitative estimate of drug-likeness (QED) is 0.895. The third kappa shape index (κ3) is 3.12. The molecule has 7 nitrogen and oxygen atoms in total. The van der Waals surface area contributed by atoms with E-state index in [4.69, 9.17) is 9.88 Å². The maximum Gasteiger partial charge on any atom is 0.273 e. The number of nitrogens with two attached hydrogens (primary N) is 1. The fourth-order valence-electron chi connectivity index (χ4n) is 2.16. The Bertz CT molecular complexity index is 710. The second kappa shape index (κ2) is 5.92. The SMILES string of the molecule is COC(c1ccccc1)c1nnc(S(N)(=O)=O)n1C(C)C. The molecule has 1 aromatic carbocycles. The van der Waals surface area contributed by atoms with Crippen LogP contribution in [0.5, 0.6) is 0 Å². The zero-order chi connectivity index (χ0) is 15.6. The van der Waals surface area contributed by atoms with E-state index in [2.05, 4.69) is 10.2 Å².